The molecular formula is C21H20N2O3S. The van der Waals surface area contributed by atoms with Gasteiger partial charge in [0, 0.05) is 17.1 Å². The summed E-state index contributed by atoms with van der Waals surface area (Å²) in [7, 11) is 0. The summed E-state index contributed by atoms with van der Waals surface area (Å²) < 4.78 is 2.00. The van der Waals surface area contributed by atoms with Gasteiger partial charge in [0.1, 0.15) is 5.65 Å². The Morgan fingerprint density at radius 1 is 1.30 bits per heavy atom. The van der Waals surface area contributed by atoms with E-state index in [9.17, 15) is 14.7 Å². The molecular weight excluding hydrogens is 360 g/mol. The third kappa shape index (κ3) is 2.75. The van der Waals surface area contributed by atoms with E-state index in [0.29, 0.717) is 17.1 Å². The van der Waals surface area contributed by atoms with E-state index in [2.05, 4.69) is 6.07 Å². The monoisotopic (exact) mass is 380 g/mol. The maximum atomic E-state index is 12.7. The zero-order chi connectivity index (χ0) is 18.7. The summed E-state index contributed by atoms with van der Waals surface area (Å²) in [5.41, 5.74) is 2.67. The summed E-state index contributed by atoms with van der Waals surface area (Å²) >= 11 is 1.59. The van der Waals surface area contributed by atoms with Crippen molar-refractivity contribution >= 4 is 28.2 Å². The Morgan fingerprint density at radius 3 is 2.81 bits per heavy atom. The first kappa shape index (κ1) is 16.8. The Balaban J connectivity index is 1.70. The van der Waals surface area contributed by atoms with Gasteiger partial charge in [-0.2, -0.15) is 0 Å². The van der Waals surface area contributed by atoms with Crippen LogP contribution >= 0.6 is 11.3 Å². The summed E-state index contributed by atoms with van der Waals surface area (Å²) in [5, 5.41) is 10.7. The van der Waals surface area contributed by atoms with Crippen LogP contribution in [0, 0.1) is 0 Å². The van der Waals surface area contributed by atoms with E-state index in [0.717, 1.165) is 47.6 Å². The number of aliphatic hydroxyl groups excluding tert-OH is 1. The van der Waals surface area contributed by atoms with Crippen molar-refractivity contribution in [2.45, 2.75) is 51.2 Å². The average Bonchev–Trinajstić information content (AvgIpc) is 3.39. The van der Waals surface area contributed by atoms with Crippen molar-refractivity contribution in [3.05, 3.63) is 50.6 Å². The molecule has 1 N–H and O–H groups in total. The predicted molar refractivity (Wildman–Crippen MR) is 105 cm³/mol. The van der Waals surface area contributed by atoms with Gasteiger partial charge in [-0.25, -0.2) is 4.98 Å². The topological polar surface area (TPSA) is 72.2 Å². The molecule has 0 amide bonds. The molecule has 0 spiro atoms. The number of carbonyl (C=O) groups excluding carboxylic acids is 1. The summed E-state index contributed by atoms with van der Waals surface area (Å²) in [4.78, 5) is 31.5. The quantitative estimate of drug-likeness (QED) is 0.696. The summed E-state index contributed by atoms with van der Waals surface area (Å²) in [5.74, 6) is -0.208. The molecule has 0 aromatic carbocycles. The molecule has 0 bridgehead atoms. The van der Waals surface area contributed by atoms with Gasteiger partial charge >= 0.3 is 0 Å². The van der Waals surface area contributed by atoms with E-state index in [1.54, 1.807) is 23.6 Å². The number of fused-ring (bicyclic) bond motifs is 2. The molecule has 1 saturated carbocycles. The Morgan fingerprint density at radius 2 is 2.11 bits per heavy atom. The second-order valence-electron chi connectivity index (χ2n) is 7.54. The van der Waals surface area contributed by atoms with Crippen molar-refractivity contribution in [3.8, 4) is 10.6 Å². The third-order valence-corrected chi connectivity index (χ3v) is 6.82. The number of carbonyl (C=O) groups is 1. The van der Waals surface area contributed by atoms with Gasteiger partial charge in [-0.1, -0.05) is 0 Å². The predicted octanol–water partition coefficient (Wildman–Crippen LogP) is 4.03. The highest BCUT2D eigenvalue weighted by atomic mass is 32.1. The minimum atomic E-state index is -0.379. The van der Waals surface area contributed by atoms with E-state index in [4.69, 9.17) is 4.98 Å². The highest BCUT2D eigenvalue weighted by Gasteiger charge is 2.27. The standard InChI is InChI=1S/C21H20N2O3S/c1-11(24)15-10-23(13-5-6-13)21-14(19(15)26)7-8-16(22-21)18-9-12-3-2-4-17(25)20(12)27-18/h7-10,13,17,25H,2-6H2,1H3. The first-order valence-electron chi connectivity index (χ1n) is 9.41. The molecule has 2 aliphatic rings. The molecule has 3 aromatic rings. The molecule has 5 nitrogen and oxygen atoms in total. The number of aliphatic hydroxyl groups is 1. The molecule has 27 heavy (non-hydrogen) atoms. The molecule has 6 heteroatoms. The van der Waals surface area contributed by atoms with Crippen LogP contribution in [0.2, 0.25) is 0 Å². The van der Waals surface area contributed by atoms with Gasteiger partial charge in [0.05, 0.1) is 27.6 Å². The van der Waals surface area contributed by atoms with E-state index < -0.39 is 0 Å². The van der Waals surface area contributed by atoms with E-state index >= 15 is 0 Å². The smallest absolute Gasteiger partial charge is 0.201 e. The van der Waals surface area contributed by atoms with Crippen molar-refractivity contribution in [3.63, 3.8) is 0 Å². The third-order valence-electron chi connectivity index (χ3n) is 5.52. The largest absolute Gasteiger partial charge is 0.388 e. The van der Waals surface area contributed by atoms with Crippen LogP contribution in [0.3, 0.4) is 0 Å². The minimum Gasteiger partial charge on any atom is -0.388 e. The van der Waals surface area contributed by atoms with Gasteiger partial charge < -0.3 is 9.67 Å². The number of pyridine rings is 2. The summed E-state index contributed by atoms with van der Waals surface area (Å²) in [6.07, 6.45) is 6.20. The van der Waals surface area contributed by atoms with Crippen molar-refractivity contribution in [1.82, 2.24) is 9.55 Å². The Hall–Kier alpha value is -2.31. The highest BCUT2D eigenvalue weighted by Crippen LogP contribution is 2.41. The maximum Gasteiger partial charge on any atom is 0.201 e. The van der Waals surface area contributed by atoms with E-state index in [-0.39, 0.29) is 22.9 Å². The Bertz CT molecular complexity index is 1140. The van der Waals surface area contributed by atoms with Gasteiger partial charge in [0.2, 0.25) is 5.43 Å². The number of Topliss-reactive ketones (excluding diaryl/α,β-unsaturated/α-hetero) is 1. The molecule has 3 heterocycles. The fourth-order valence-corrected chi connectivity index (χ4v) is 5.11. The van der Waals surface area contributed by atoms with Crippen LogP contribution in [-0.2, 0) is 6.42 Å². The van der Waals surface area contributed by atoms with Crippen LogP contribution in [0.1, 0.15) is 65.6 Å². The number of hydrogen-bond acceptors (Lipinski definition) is 5. The molecule has 0 saturated heterocycles. The molecule has 5 rings (SSSR count). The average molecular weight is 380 g/mol. The van der Waals surface area contributed by atoms with Gasteiger partial charge in [-0.15, -0.1) is 11.3 Å². The van der Waals surface area contributed by atoms with Crippen molar-refractivity contribution in [2.75, 3.05) is 0 Å². The second-order valence-corrected chi connectivity index (χ2v) is 8.63. The first-order chi connectivity index (χ1) is 13.0. The molecule has 1 unspecified atom stereocenters. The van der Waals surface area contributed by atoms with Crippen LogP contribution in [0.4, 0.5) is 0 Å². The fraction of sp³-hybridized carbons (Fsp3) is 0.381. The van der Waals surface area contributed by atoms with Gasteiger partial charge in [0.25, 0.3) is 0 Å². The molecule has 0 aliphatic heterocycles. The summed E-state index contributed by atoms with van der Waals surface area (Å²) in [6.45, 7) is 1.43. The number of rotatable bonds is 3. The number of nitrogens with zero attached hydrogens (tertiary/aromatic N) is 2. The maximum absolute atomic E-state index is 12.7. The molecule has 0 radical (unpaired) electrons. The minimum absolute atomic E-state index is 0.208. The summed E-state index contributed by atoms with van der Waals surface area (Å²) in [6, 6.07) is 6.09. The number of ketones is 1. The van der Waals surface area contributed by atoms with Crippen molar-refractivity contribution < 1.29 is 9.90 Å². The van der Waals surface area contributed by atoms with E-state index in [1.165, 1.54) is 12.5 Å². The van der Waals surface area contributed by atoms with Crippen LogP contribution in [0.5, 0.6) is 0 Å². The van der Waals surface area contributed by atoms with Crippen LogP contribution in [0.15, 0.2) is 29.2 Å². The molecule has 1 fully saturated rings. The van der Waals surface area contributed by atoms with Crippen LogP contribution in [-0.4, -0.2) is 20.4 Å². The zero-order valence-electron chi connectivity index (χ0n) is 15.1. The SMILES string of the molecule is CC(=O)c1cn(C2CC2)c2nc(-c3cc4c(s3)C(O)CCC4)ccc2c1=O. The number of thiophene rings is 1. The number of aromatic nitrogens is 2. The first-order valence-corrected chi connectivity index (χ1v) is 10.2. The molecule has 3 aromatic heterocycles. The molecule has 1 atom stereocenters. The zero-order valence-corrected chi connectivity index (χ0v) is 15.9. The highest BCUT2D eigenvalue weighted by molar-refractivity contribution is 7.15. The van der Waals surface area contributed by atoms with Crippen molar-refractivity contribution in [2.24, 2.45) is 0 Å². The van der Waals surface area contributed by atoms with Gasteiger partial charge in [-0.05, 0) is 62.8 Å². The molecule has 2 aliphatic carbocycles. The van der Waals surface area contributed by atoms with Crippen LogP contribution in [0.25, 0.3) is 21.6 Å². The lowest BCUT2D eigenvalue weighted by atomic mass is 9.97. The van der Waals surface area contributed by atoms with Gasteiger partial charge in [0.15, 0.2) is 5.78 Å². The number of hydrogen-bond donors (Lipinski definition) is 1. The van der Waals surface area contributed by atoms with Gasteiger partial charge in [-0.3, -0.25) is 9.59 Å². The van der Waals surface area contributed by atoms with Crippen molar-refractivity contribution in [1.29, 1.82) is 0 Å². The lowest BCUT2D eigenvalue weighted by Crippen LogP contribution is -2.18. The molecule has 138 valence electrons. The second kappa shape index (κ2) is 6.11. The number of aryl methyl sites for hydroxylation is 1. The fourth-order valence-electron chi connectivity index (χ4n) is 3.91. The lowest BCUT2D eigenvalue weighted by molar-refractivity contribution is 0.101. The van der Waals surface area contributed by atoms with Crippen LogP contribution < -0.4 is 5.43 Å². The lowest BCUT2D eigenvalue weighted by Gasteiger charge is -2.16. The Labute approximate surface area is 160 Å². The Kier molecular flexibility index (Phi) is 3.81. The normalized spacial score (nSPS) is 19.3. The van der Waals surface area contributed by atoms with E-state index in [1.807, 2.05) is 10.6 Å².